The van der Waals surface area contributed by atoms with E-state index in [0.29, 0.717) is 5.75 Å². The first-order valence-corrected chi connectivity index (χ1v) is 6.65. The Labute approximate surface area is 120 Å². The molecule has 0 fully saturated rings. The Hall–Kier alpha value is -1.37. The summed E-state index contributed by atoms with van der Waals surface area (Å²) >= 11 is 3.50. The minimum Gasteiger partial charge on any atom is -0.493 e. The molecule has 0 radical (unpaired) electrons. The number of hydrogen-bond donors (Lipinski definition) is 2. The van der Waals surface area contributed by atoms with Gasteiger partial charge in [0.05, 0.1) is 19.3 Å². The van der Waals surface area contributed by atoms with Crippen molar-refractivity contribution in [2.45, 2.75) is 13.0 Å². The quantitative estimate of drug-likeness (QED) is 0.667. The van der Waals surface area contributed by atoms with Gasteiger partial charge < -0.3 is 4.74 Å². The van der Waals surface area contributed by atoms with Gasteiger partial charge >= 0.3 is 0 Å². The lowest BCUT2D eigenvalue weighted by molar-refractivity contribution is 0.401. The molecule has 0 saturated carbocycles. The first kappa shape index (κ1) is 14.0. The third kappa shape index (κ3) is 2.65. The highest BCUT2D eigenvalue weighted by Gasteiger charge is 2.21. The number of methoxy groups -OCH3 is 1. The highest BCUT2D eigenvalue weighted by Crippen LogP contribution is 2.30. The van der Waals surface area contributed by atoms with Crippen LogP contribution in [0.4, 0.5) is 0 Å². The van der Waals surface area contributed by atoms with Crippen LogP contribution in [-0.4, -0.2) is 16.9 Å². The van der Waals surface area contributed by atoms with Gasteiger partial charge in [-0.3, -0.25) is 10.5 Å². The number of nitrogens with zero attached hydrogens (tertiary/aromatic N) is 2. The summed E-state index contributed by atoms with van der Waals surface area (Å²) in [6.07, 6.45) is 1.69. The van der Waals surface area contributed by atoms with Crippen molar-refractivity contribution in [2.24, 2.45) is 12.9 Å². The average molecular weight is 325 g/mol. The fraction of sp³-hybridized carbons (Fsp3) is 0.308. The third-order valence-corrected chi connectivity index (χ3v) is 4.01. The maximum atomic E-state index is 5.72. The van der Waals surface area contributed by atoms with Crippen LogP contribution in [0.1, 0.15) is 22.9 Å². The number of aromatic nitrogens is 2. The summed E-state index contributed by atoms with van der Waals surface area (Å²) in [5.41, 5.74) is 5.93. The van der Waals surface area contributed by atoms with Gasteiger partial charge in [-0.2, -0.15) is 5.10 Å². The van der Waals surface area contributed by atoms with E-state index < -0.39 is 0 Å². The van der Waals surface area contributed by atoms with Gasteiger partial charge in [-0.05, 0) is 24.1 Å². The fourth-order valence-electron chi connectivity index (χ4n) is 2.09. The van der Waals surface area contributed by atoms with Crippen molar-refractivity contribution in [3.05, 3.63) is 45.7 Å². The Morgan fingerprint density at radius 2 is 2.21 bits per heavy atom. The second kappa shape index (κ2) is 5.73. The molecular weight excluding hydrogens is 308 g/mol. The summed E-state index contributed by atoms with van der Waals surface area (Å²) in [7, 11) is 3.49. The maximum Gasteiger partial charge on any atom is 0.161 e. The van der Waals surface area contributed by atoms with E-state index in [1.807, 2.05) is 26.1 Å². The van der Waals surface area contributed by atoms with Crippen LogP contribution >= 0.6 is 15.9 Å². The monoisotopic (exact) mass is 324 g/mol. The Balaban J connectivity index is 2.49. The van der Waals surface area contributed by atoms with Crippen molar-refractivity contribution in [3.8, 4) is 5.75 Å². The van der Waals surface area contributed by atoms with Crippen LogP contribution in [0.3, 0.4) is 0 Å². The number of rotatable bonds is 4. The minimum atomic E-state index is -0.172. The Bertz CT molecular complexity index is 582. The molecule has 1 aromatic carbocycles. The van der Waals surface area contributed by atoms with Gasteiger partial charge in [0.25, 0.3) is 0 Å². The van der Waals surface area contributed by atoms with Crippen molar-refractivity contribution in [1.82, 2.24) is 15.2 Å². The molecule has 19 heavy (non-hydrogen) atoms. The number of halogens is 1. The van der Waals surface area contributed by atoms with E-state index in [1.165, 1.54) is 0 Å². The predicted octanol–water partition coefficient (Wildman–Crippen LogP) is 2.05. The lowest BCUT2D eigenvalue weighted by Crippen LogP contribution is -2.30. The SMILES string of the molecule is COc1cnn(C)c1C(NN)c1ccc(Br)c(C)c1. The lowest BCUT2D eigenvalue weighted by Gasteiger charge is -2.19. The highest BCUT2D eigenvalue weighted by atomic mass is 79.9. The Morgan fingerprint density at radius 3 is 2.79 bits per heavy atom. The largest absolute Gasteiger partial charge is 0.493 e. The first-order valence-electron chi connectivity index (χ1n) is 5.86. The maximum absolute atomic E-state index is 5.72. The average Bonchev–Trinajstić information content (AvgIpc) is 2.76. The summed E-state index contributed by atoms with van der Waals surface area (Å²) in [4.78, 5) is 0. The van der Waals surface area contributed by atoms with Crippen molar-refractivity contribution in [1.29, 1.82) is 0 Å². The topological polar surface area (TPSA) is 65.1 Å². The van der Waals surface area contributed by atoms with Crippen molar-refractivity contribution < 1.29 is 4.74 Å². The van der Waals surface area contributed by atoms with Crippen LogP contribution in [0.15, 0.2) is 28.9 Å². The predicted molar refractivity (Wildman–Crippen MR) is 77.8 cm³/mol. The molecule has 1 aromatic heterocycles. The van der Waals surface area contributed by atoms with Crippen LogP contribution in [0, 0.1) is 6.92 Å². The number of nitrogens with one attached hydrogen (secondary N) is 1. The number of hydrazine groups is 1. The van der Waals surface area contributed by atoms with E-state index in [0.717, 1.165) is 21.3 Å². The lowest BCUT2D eigenvalue weighted by atomic mass is 10.0. The smallest absolute Gasteiger partial charge is 0.161 e. The zero-order valence-corrected chi connectivity index (χ0v) is 12.7. The summed E-state index contributed by atoms with van der Waals surface area (Å²) in [5.74, 6) is 6.43. The van der Waals surface area contributed by atoms with Gasteiger partial charge in [0.15, 0.2) is 5.75 Å². The van der Waals surface area contributed by atoms with Crippen molar-refractivity contribution in [3.63, 3.8) is 0 Å². The second-order valence-electron chi connectivity index (χ2n) is 4.33. The van der Waals surface area contributed by atoms with E-state index in [9.17, 15) is 0 Å². The summed E-state index contributed by atoms with van der Waals surface area (Å²) in [6.45, 7) is 2.04. The number of ether oxygens (including phenoxy) is 1. The number of benzene rings is 1. The number of nitrogens with two attached hydrogens (primary N) is 1. The second-order valence-corrected chi connectivity index (χ2v) is 5.18. The van der Waals surface area contributed by atoms with Gasteiger partial charge in [-0.1, -0.05) is 28.1 Å². The molecule has 0 amide bonds. The molecule has 1 heterocycles. The molecule has 0 bridgehead atoms. The fourth-order valence-corrected chi connectivity index (χ4v) is 2.34. The third-order valence-electron chi connectivity index (χ3n) is 3.12. The molecule has 3 N–H and O–H groups in total. The summed E-state index contributed by atoms with van der Waals surface area (Å²) in [6, 6.07) is 5.95. The Kier molecular flexibility index (Phi) is 4.24. The van der Waals surface area contributed by atoms with E-state index in [1.54, 1.807) is 18.0 Å². The van der Waals surface area contributed by atoms with Crippen LogP contribution in [0.5, 0.6) is 5.75 Å². The number of hydrogen-bond acceptors (Lipinski definition) is 4. The van der Waals surface area contributed by atoms with Crippen LogP contribution in [0.25, 0.3) is 0 Å². The van der Waals surface area contributed by atoms with Gasteiger partial charge in [-0.15, -0.1) is 0 Å². The minimum absolute atomic E-state index is 0.172. The van der Waals surface area contributed by atoms with Crippen molar-refractivity contribution >= 4 is 15.9 Å². The van der Waals surface area contributed by atoms with E-state index in [-0.39, 0.29) is 6.04 Å². The zero-order chi connectivity index (χ0) is 14.0. The molecule has 0 saturated heterocycles. The summed E-state index contributed by atoms with van der Waals surface area (Å²) < 4.78 is 8.17. The first-order chi connectivity index (χ1) is 9.08. The molecule has 0 aliphatic rings. The van der Waals surface area contributed by atoms with Gasteiger partial charge in [0.1, 0.15) is 5.69 Å². The van der Waals surface area contributed by atoms with Crippen LogP contribution in [0.2, 0.25) is 0 Å². The van der Waals surface area contributed by atoms with Crippen LogP contribution in [-0.2, 0) is 7.05 Å². The molecule has 5 nitrogen and oxygen atoms in total. The normalized spacial score (nSPS) is 12.5. The van der Waals surface area contributed by atoms with Gasteiger partial charge in [0.2, 0.25) is 0 Å². The van der Waals surface area contributed by atoms with Crippen LogP contribution < -0.4 is 16.0 Å². The molecule has 2 rings (SSSR count). The molecule has 0 spiro atoms. The number of aryl methyl sites for hydroxylation is 2. The molecule has 2 aromatic rings. The molecule has 0 aliphatic heterocycles. The van der Waals surface area contributed by atoms with E-state index >= 15 is 0 Å². The molecule has 6 heteroatoms. The molecular formula is C13H17BrN4O. The van der Waals surface area contributed by atoms with Gasteiger partial charge in [-0.25, -0.2) is 5.43 Å². The molecule has 102 valence electrons. The van der Waals surface area contributed by atoms with E-state index in [4.69, 9.17) is 10.6 Å². The van der Waals surface area contributed by atoms with Gasteiger partial charge in [0, 0.05) is 11.5 Å². The standard InChI is InChI=1S/C13H17BrN4O/c1-8-6-9(4-5-10(8)14)12(17-15)13-11(19-3)7-16-18(13)2/h4-7,12,17H,15H2,1-3H3. The molecule has 0 aliphatic carbocycles. The zero-order valence-electron chi connectivity index (χ0n) is 11.1. The Morgan fingerprint density at radius 1 is 1.47 bits per heavy atom. The summed E-state index contributed by atoms with van der Waals surface area (Å²) in [5, 5.41) is 4.21. The van der Waals surface area contributed by atoms with Crippen molar-refractivity contribution in [2.75, 3.05) is 7.11 Å². The van der Waals surface area contributed by atoms with E-state index in [2.05, 4.69) is 32.5 Å². The molecule has 1 atom stereocenters. The molecule has 1 unspecified atom stereocenters. The highest BCUT2D eigenvalue weighted by molar-refractivity contribution is 9.10.